The molecule has 3 N–H and O–H groups in total. The summed E-state index contributed by atoms with van der Waals surface area (Å²) in [7, 11) is 0. The SMILES string of the molecule is Cc1cccc(C)c1OC[C@H](O)CNC(=O)CCNC(=O)[C@H]1C[C@H]1C. The molecular formula is C19H28N2O4. The number of hydrogen-bond acceptors (Lipinski definition) is 4. The van der Waals surface area contributed by atoms with Crippen LogP contribution in [-0.2, 0) is 9.59 Å². The first kappa shape index (κ1) is 19.2. The highest BCUT2D eigenvalue weighted by molar-refractivity contribution is 5.82. The van der Waals surface area contributed by atoms with Crippen molar-refractivity contribution in [2.24, 2.45) is 11.8 Å². The number of amides is 2. The van der Waals surface area contributed by atoms with E-state index in [1.165, 1.54) is 0 Å². The fourth-order valence-corrected chi connectivity index (χ4v) is 2.70. The van der Waals surface area contributed by atoms with E-state index in [0.29, 0.717) is 12.5 Å². The third-order valence-electron chi connectivity index (χ3n) is 4.46. The minimum Gasteiger partial charge on any atom is -0.490 e. The second-order valence-electron chi connectivity index (χ2n) is 6.85. The highest BCUT2D eigenvalue weighted by Gasteiger charge is 2.38. The lowest BCUT2D eigenvalue weighted by Gasteiger charge is -2.16. The molecule has 1 aromatic carbocycles. The monoisotopic (exact) mass is 348 g/mol. The molecule has 0 spiro atoms. The summed E-state index contributed by atoms with van der Waals surface area (Å²) in [6, 6.07) is 5.86. The van der Waals surface area contributed by atoms with Gasteiger partial charge in [-0.3, -0.25) is 9.59 Å². The number of aryl methyl sites for hydroxylation is 2. The number of benzene rings is 1. The predicted molar refractivity (Wildman–Crippen MR) is 95.3 cm³/mol. The maximum absolute atomic E-state index is 11.7. The average Bonchev–Trinajstić information content (AvgIpc) is 3.29. The summed E-state index contributed by atoms with van der Waals surface area (Å²) in [6.07, 6.45) is 0.354. The van der Waals surface area contributed by atoms with Gasteiger partial charge in [0.2, 0.25) is 11.8 Å². The summed E-state index contributed by atoms with van der Waals surface area (Å²) in [6.45, 7) is 6.50. The molecule has 1 aliphatic carbocycles. The van der Waals surface area contributed by atoms with Crippen molar-refractivity contribution < 1.29 is 19.4 Å². The van der Waals surface area contributed by atoms with E-state index in [9.17, 15) is 14.7 Å². The Bertz CT molecular complexity index is 597. The Morgan fingerprint density at radius 1 is 1.28 bits per heavy atom. The van der Waals surface area contributed by atoms with Crippen molar-refractivity contribution in [2.45, 2.75) is 39.7 Å². The first-order valence-electron chi connectivity index (χ1n) is 8.80. The van der Waals surface area contributed by atoms with E-state index >= 15 is 0 Å². The lowest BCUT2D eigenvalue weighted by Crippen LogP contribution is -2.37. The van der Waals surface area contributed by atoms with Crippen LogP contribution in [0.2, 0.25) is 0 Å². The molecular weight excluding hydrogens is 320 g/mol. The van der Waals surface area contributed by atoms with Crippen LogP contribution in [0.15, 0.2) is 18.2 Å². The molecule has 1 saturated carbocycles. The standard InChI is InChI=1S/C19H28N2O4/c1-12-5-4-6-13(2)18(12)25-11-15(22)10-21-17(23)7-8-20-19(24)16-9-14(16)3/h4-6,14-16,22H,7-11H2,1-3H3,(H,20,24)(H,21,23)/t14-,15-,16+/m1/s1. The molecule has 6 heteroatoms. The van der Waals surface area contributed by atoms with Crippen molar-refractivity contribution in [3.05, 3.63) is 29.3 Å². The highest BCUT2D eigenvalue weighted by Crippen LogP contribution is 2.37. The van der Waals surface area contributed by atoms with Crippen molar-refractivity contribution >= 4 is 11.8 Å². The fraction of sp³-hybridized carbons (Fsp3) is 0.579. The summed E-state index contributed by atoms with van der Waals surface area (Å²) in [5.41, 5.74) is 2.02. The van der Waals surface area contributed by atoms with Crippen molar-refractivity contribution in [1.29, 1.82) is 0 Å². The Kier molecular flexibility index (Phi) is 6.82. The molecule has 2 amide bonds. The number of aliphatic hydroxyl groups excluding tert-OH is 1. The number of rotatable bonds is 9. The van der Waals surface area contributed by atoms with Crippen molar-refractivity contribution in [2.75, 3.05) is 19.7 Å². The van der Waals surface area contributed by atoms with Gasteiger partial charge in [0.25, 0.3) is 0 Å². The molecule has 2 rings (SSSR count). The van der Waals surface area contributed by atoms with E-state index in [1.807, 2.05) is 39.0 Å². The second-order valence-corrected chi connectivity index (χ2v) is 6.85. The Hall–Kier alpha value is -2.08. The molecule has 0 radical (unpaired) electrons. The van der Waals surface area contributed by atoms with Crippen LogP contribution < -0.4 is 15.4 Å². The predicted octanol–water partition coefficient (Wildman–Crippen LogP) is 1.32. The van der Waals surface area contributed by atoms with Gasteiger partial charge in [0, 0.05) is 25.4 Å². The number of nitrogens with one attached hydrogen (secondary N) is 2. The van der Waals surface area contributed by atoms with Crippen LogP contribution in [0.5, 0.6) is 5.75 Å². The van der Waals surface area contributed by atoms with Crippen LogP contribution in [0, 0.1) is 25.7 Å². The summed E-state index contributed by atoms with van der Waals surface area (Å²) in [5, 5.41) is 15.4. The van der Waals surface area contributed by atoms with Gasteiger partial charge >= 0.3 is 0 Å². The first-order valence-corrected chi connectivity index (χ1v) is 8.80. The van der Waals surface area contributed by atoms with Gasteiger partial charge < -0.3 is 20.5 Å². The summed E-state index contributed by atoms with van der Waals surface area (Å²) in [4.78, 5) is 23.4. The smallest absolute Gasteiger partial charge is 0.223 e. The fourth-order valence-electron chi connectivity index (χ4n) is 2.70. The molecule has 1 aliphatic rings. The zero-order chi connectivity index (χ0) is 18.4. The molecule has 25 heavy (non-hydrogen) atoms. The Morgan fingerprint density at radius 2 is 1.92 bits per heavy atom. The molecule has 0 aliphatic heterocycles. The highest BCUT2D eigenvalue weighted by atomic mass is 16.5. The van der Waals surface area contributed by atoms with E-state index in [-0.39, 0.29) is 37.3 Å². The van der Waals surface area contributed by atoms with Crippen LogP contribution in [-0.4, -0.2) is 42.7 Å². The van der Waals surface area contributed by atoms with Crippen molar-refractivity contribution in [1.82, 2.24) is 10.6 Å². The van der Waals surface area contributed by atoms with Gasteiger partial charge in [-0.2, -0.15) is 0 Å². The summed E-state index contributed by atoms with van der Waals surface area (Å²) < 4.78 is 5.66. The van der Waals surface area contributed by atoms with E-state index in [2.05, 4.69) is 10.6 Å². The van der Waals surface area contributed by atoms with Gasteiger partial charge in [-0.15, -0.1) is 0 Å². The number of aliphatic hydroxyl groups is 1. The molecule has 1 fully saturated rings. The molecule has 0 unspecified atom stereocenters. The molecule has 1 aromatic rings. The minimum atomic E-state index is -0.787. The van der Waals surface area contributed by atoms with E-state index < -0.39 is 6.10 Å². The van der Waals surface area contributed by atoms with Crippen LogP contribution in [0.25, 0.3) is 0 Å². The van der Waals surface area contributed by atoms with Gasteiger partial charge in [0.05, 0.1) is 0 Å². The molecule has 0 aromatic heterocycles. The van der Waals surface area contributed by atoms with E-state index in [4.69, 9.17) is 4.74 Å². The third kappa shape index (κ3) is 6.05. The Balaban J connectivity index is 1.60. The van der Waals surface area contributed by atoms with Crippen LogP contribution in [0.1, 0.15) is 30.9 Å². The average molecular weight is 348 g/mol. The molecule has 6 nitrogen and oxygen atoms in total. The number of hydrogen-bond donors (Lipinski definition) is 3. The maximum Gasteiger partial charge on any atom is 0.223 e. The maximum atomic E-state index is 11.7. The number of ether oxygens (including phenoxy) is 1. The third-order valence-corrected chi connectivity index (χ3v) is 4.46. The van der Waals surface area contributed by atoms with Crippen molar-refractivity contribution in [3.8, 4) is 5.75 Å². The minimum absolute atomic E-state index is 0.0299. The van der Waals surface area contributed by atoms with Gasteiger partial charge in [-0.1, -0.05) is 25.1 Å². The Morgan fingerprint density at radius 3 is 2.52 bits per heavy atom. The van der Waals surface area contributed by atoms with Gasteiger partial charge in [-0.25, -0.2) is 0 Å². The number of carbonyl (C=O) groups is 2. The number of carbonyl (C=O) groups excluding carboxylic acids is 2. The number of para-hydroxylation sites is 1. The zero-order valence-electron chi connectivity index (χ0n) is 15.2. The van der Waals surface area contributed by atoms with E-state index in [1.54, 1.807) is 0 Å². The molecule has 0 heterocycles. The molecule has 0 saturated heterocycles. The normalized spacial score (nSPS) is 19.8. The van der Waals surface area contributed by atoms with Crippen LogP contribution in [0.3, 0.4) is 0 Å². The lowest BCUT2D eigenvalue weighted by molar-refractivity contribution is -0.123. The van der Waals surface area contributed by atoms with Crippen molar-refractivity contribution in [3.63, 3.8) is 0 Å². The first-order chi connectivity index (χ1) is 11.9. The second kappa shape index (κ2) is 8.85. The zero-order valence-corrected chi connectivity index (χ0v) is 15.2. The topological polar surface area (TPSA) is 87.7 Å². The van der Waals surface area contributed by atoms with Crippen LogP contribution >= 0.6 is 0 Å². The summed E-state index contributed by atoms with van der Waals surface area (Å²) in [5.74, 6) is 1.18. The largest absolute Gasteiger partial charge is 0.490 e. The van der Waals surface area contributed by atoms with Crippen LogP contribution in [0.4, 0.5) is 0 Å². The molecule has 3 atom stereocenters. The van der Waals surface area contributed by atoms with Gasteiger partial charge in [0.15, 0.2) is 0 Å². The Labute approximate surface area is 149 Å². The van der Waals surface area contributed by atoms with E-state index in [0.717, 1.165) is 23.3 Å². The molecule has 0 bridgehead atoms. The molecule has 138 valence electrons. The van der Waals surface area contributed by atoms with Gasteiger partial charge in [-0.05, 0) is 37.3 Å². The van der Waals surface area contributed by atoms with Gasteiger partial charge in [0.1, 0.15) is 18.5 Å². The summed E-state index contributed by atoms with van der Waals surface area (Å²) >= 11 is 0. The lowest BCUT2D eigenvalue weighted by atomic mass is 10.1. The quantitative estimate of drug-likeness (QED) is 0.628.